The van der Waals surface area contributed by atoms with Gasteiger partial charge in [0.25, 0.3) is 0 Å². The molecule has 0 bridgehead atoms. The van der Waals surface area contributed by atoms with E-state index in [9.17, 15) is 0 Å². The molecule has 5 heteroatoms. The van der Waals surface area contributed by atoms with Crippen molar-refractivity contribution in [1.29, 1.82) is 0 Å². The second-order valence-corrected chi connectivity index (χ2v) is 3.38. The molecule has 66 valence electrons. The Bertz CT molecular complexity index is 470. The van der Waals surface area contributed by atoms with Crippen LogP contribution in [0.15, 0.2) is 12.3 Å². The molecule has 0 aromatic carbocycles. The molecule has 0 spiro atoms. The number of hydrogen-bond donors (Lipinski definition) is 0. The van der Waals surface area contributed by atoms with Crippen molar-refractivity contribution in [2.24, 2.45) is 0 Å². The first-order chi connectivity index (χ1) is 6.16. The van der Waals surface area contributed by atoms with Crippen molar-refractivity contribution < 1.29 is 0 Å². The van der Waals surface area contributed by atoms with Crippen LogP contribution in [0.2, 0.25) is 10.2 Å². The van der Waals surface area contributed by atoms with E-state index in [4.69, 9.17) is 23.2 Å². The van der Waals surface area contributed by atoms with E-state index in [1.54, 1.807) is 13.0 Å². The predicted molar refractivity (Wildman–Crippen MR) is 52.1 cm³/mol. The number of aryl methyl sites for hydroxylation is 1. The van der Waals surface area contributed by atoms with E-state index in [1.165, 1.54) is 6.20 Å². The molecule has 13 heavy (non-hydrogen) atoms. The molecule has 0 unspecified atom stereocenters. The average molecular weight is 214 g/mol. The van der Waals surface area contributed by atoms with Crippen molar-refractivity contribution in [3.8, 4) is 0 Å². The highest BCUT2D eigenvalue weighted by molar-refractivity contribution is 6.35. The molecule has 3 nitrogen and oxygen atoms in total. The number of nitrogens with zero attached hydrogens (tertiary/aromatic N) is 3. The van der Waals surface area contributed by atoms with Gasteiger partial charge in [-0.25, -0.2) is 15.0 Å². The standard InChI is InChI=1S/C8H5Cl2N3/c1-4-12-7(10)6-2-5(9)3-11-8(6)13-4/h2-3H,1H3. The summed E-state index contributed by atoms with van der Waals surface area (Å²) in [6.45, 7) is 1.77. The molecule has 2 aromatic rings. The van der Waals surface area contributed by atoms with E-state index in [0.29, 0.717) is 27.0 Å². The first kappa shape index (κ1) is 8.66. The molecule has 0 N–H and O–H groups in total. The summed E-state index contributed by atoms with van der Waals surface area (Å²) in [5.74, 6) is 0.604. The van der Waals surface area contributed by atoms with Gasteiger partial charge < -0.3 is 0 Å². The molecule has 0 saturated carbocycles. The lowest BCUT2D eigenvalue weighted by atomic mass is 10.3. The highest BCUT2D eigenvalue weighted by atomic mass is 35.5. The van der Waals surface area contributed by atoms with Crippen LogP contribution in [0.5, 0.6) is 0 Å². The van der Waals surface area contributed by atoms with Crippen LogP contribution in [0.25, 0.3) is 11.0 Å². The van der Waals surface area contributed by atoms with Gasteiger partial charge in [-0.05, 0) is 13.0 Å². The predicted octanol–water partition coefficient (Wildman–Crippen LogP) is 2.64. The van der Waals surface area contributed by atoms with Gasteiger partial charge in [-0.15, -0.1) is 0 Å². The number of halogens is 2. The average Bonchev–Trinajstić information content (AvgIpc) is 2.06. The Morgan fingerprint density at radius 1 is 1.23 bits per heavy atom. The smallest absolute Gasteiger partial charge is 0.164 e. The molecule has 0 aliphatic rings. The van der Waals surface area contributed by atoms with Gasteiger partial charge in [-0.1, -0.05) is 23.2 Å². The maximum absolute atomic E-state index is 5.88. The SMILES string of the molecule is Cc1nc(Cl)c2cc(Cl)cnc2n1. The Kier molecular flexibility index (Phi) is 2.06. The number of aromatic nitrogens is 3. The number of fused-ring (bicyclic) bond motifs is 1. The summed E-state index contributed by atoms with van der Waals surface area (Å²) in [6.07, 6.45) is 1.53. The minimum Gasteiger partial charge on any atom is -0.235 e. The van der Waals surface area contributed by atoms with Crippen LogP contribution in [0, 0.1) is 6.92 Å². The third-order valence-corrected chi connectivity index (χ3v) is 2.08. The van der Waals surface area contributed by atoms with Crippen molar-refractivity contribution >= 4 is 34.2 Å². The summed E-state index contributed by atoms with van der Waals surface area (Å²) in [7, 11) is 0. The topological polar surface area (TPSA) is 38.7 Å². The first-order valence-corrected chi connectivity index (χ1v) is 4.38. The van der Waals surface area contributed by atoms with Crippen LogP contribution >= 0.6 is 23.2 Å². The van der Waals surface area contributed by atoms with Crippen LogP contribution in [0.1, 0.15) is 5.82 Å². The zero-order valence-corrected chi connectivity index (χ0v) is 8.26. The summed E-state index contributed by atoms with van der Waals surface area (Å²) in [6, 6.07) is 1.70. The lowest BCUT2D eigenvalue weighted by Gasteiger charge is -1.99. The van der Waals surface area contributed by atoms with Crippen LogP contribution in [-0.4, -0.2) is 15.0 Å². The van der Waals surface area contributed by atoms with Crippen molar-refractivity contribution in [2.45, 2.75) is 6.92 Å². The number of hydrogen-bond acceptors (Lipinski definition) is 3. The molecule has 0 saturated heterocycles. The van der Waals surface area contributed by atoms with E-state index >= 15 is 0 Å². The fraction of sp³-hybridized carbons (Fsp3) is 0.125. The lowest BCUT2D eigenvalue weighted by Crippen LogP contribution is -1.92. The molecule has 2 rings (SSSR count). The van der Waals surface area contributed by atoms with Crippen molar-refractivity contribution in [2.75, 3.05) is 0 Å². The summed E-state index contributed by atoms with van der Waals surface area (Å²) < 4.78 is 0. The molecular weight excluding hydrogens is 209 g/mol. The zero-order valence-electron chi connectivity index (χ0n) is 6.75. The molecule has 0 aliphatic carbocycles. The minimum absolute atomic E-state index is 0.387. The quantitative estimate of drug-likeness (QED) is 0.632. The summed E-state index contributed by atoms with van der Waals surface area (Å²) in [4.78, 5) is 12.1. The van der Waals surface area contributed by atoms with Gasteiger partial charge in [0, 0.05) is 6.20 Å². The van der Waals surface area contributed by atoms with E-state index in [0.717, 1.165) is 0 Å². The zero-order chi connectivity index (χ0) is 9.42. The summed E-state index contributed by atoms with van der Waals surface area (Å²) >= 11 is 11.6. The van der Waals surface area contributed by atoms with E-state index in [-0.39, 0.29) is 0 Å². The maximum atomic E-state index is 5.88. The second kappa shape index (κ2) is 3.09. The number of rotatable bonds is 0. The monoisotopic (exact) mass is 213 g/mol. The molecule has 2 aromatic heterocycles. The molecule has 0 fully saturated rings. The van der Waals surface area contributed by atoms with Gasteiger partial charge in [0.15, 0.2) is 5.65 Å². The first-order valence-electron chi connectivity index (χ1n) is 3.62. The van der Waals surface area contributed by atoms with E-state index in [1.807, 2.05) is 0 Å². The van der Waals surface area contributed by atoms with E-state index in [2.05, 4.69) is 15.0 Å². The maximum Gasteiger partial charge on any atom is 0.164 e. The molecule has 0 radical (unpaired) electrons. The summed E-state index contributed by atoms with van der Waals surface area (Å²) in [5, 5.41) is 1.60. The van der Waals surface area contributed by atoms with Gasteiger partial charge in [0.05, 0.1) is 10.4 Å². The fourth-order valence-electron chi connectivity index (χ4n) is 1.05. The van der Waals surface area contributed by atoms with Crippen molar-refractivity contribution in [1.82, 2.24) is 15.0 Å². The largest absolute Gasteiger partial charge is 0.235 e. The normalized spacial score (nSPS) is 10.7. The van der Waals surface area contributed by atoms with Crippen LogP contribution < -0.4 is 0 Å². The third-order valence-electron chi connectivity index (χ3n) is 1.58. The van der Waals surface area contributed by atoms with Gasteiger partial charge in [-0.2, -0.15) is 0 Å². The van der Waals surface area contributed by atoms with Crippen LogP contribution in [-0.2, 0) is 0 Å². The van der Waals surface area contributed by atoms with Crippen LogP contribution in [0.3, 0.4) is 0 Å². The Labute approximate surface area is 84.7 Å². The van der Waals surface area contributed by atoms with Crippen LogP contribution in [0.4, 0.5) is 0 Å². The second-order valence-electron chi connectivity index (χ2n) is 2.59. The Morgan fingerprint density at radius 3 is 2.77 bits per heavy atom. The molecule has 0 atom stereocenters. The highest BCUT2D eigenvalue weighted by Crippen LogP contribution is 2.21. The van der Waals surface area contributed by atoms with Crippen molar-refractivity contribution in [3.05, 3.63) is 28.3 Å². The highest BCUT2D eigenvalue weighted by Gasteiger charge is 2.04. The van der Waals surface area contributed by atoms with Gasteiger partial charge in [0.1, 0.15) is 11.0 Å². The molecule has 0 amide bonds. The van der Waals surface area contributed by atoms with Gasteiger partial charge >= 0.3 is 0 Å². The van der Waals surface area contributed by atoms with E-state index < -0.39 is 0 Å². The molecule has 2 heterocycles. The number of pyridine rings is 1. The lowest BCUT2D eigenvalue weighted by molar-refractivity contribution is 1.07. The Hall–Kier alpha value is -0.930. The van der Waals surface area contributed by atoms with Gasteiger partial charge in [0.2, 0.25) is 0 Å². The molecule has 0 aliphatic heterocycles. The van der Waals surface area contributed by atoms with Gasteiger partial charge in [-0.3, -0.25) is 0 Å². The molecular formula is C8H5Cl2N3. The fourth-order valence-corrected chi connectivity index (χ4v) is 1.47. The third kappa shape index (κ3) is 1.57. The summed E-state index contributed by atoms with van der Waals surface area (Å²) in [5.41, 5.74) is 0.571. The Morgan fingerprint density at radius 2 is 2.00 bits per heavy atom. The minimum atomic E-state index is 0.387. The van der Waals surface area contributed by atoms with Crippen molar-refractivity contribution in [3.63, 3.8) is 0 Å². The Balaban J connectivity index is 2.87.